The fourth-order valence-corrected chi connectivity index (χ4v) is 1.06. The highest BCUT2D eigenvalue weighted by atomic mass is 16.6. The Labute approximate surface area is 88.5 Å². The number of aliphatic hydroxyl groups is 1. The molecule has 0 bridgehead atoms. The molecule has 1 N–H and O–H groups in total. The largest absolute Gasteiger partial charge is 0.490 e. The zero-order valence-corrected chi connectivity index (χ0v) is 8.39. The number of esters is 1. The van der Waals surface area contributed by atoms with Crippen molar-refractivity contribution in [2.24, 2.45) is 0 Å². The van der Waals surface area contributed by atoms with E-state index in [0.717, 1.165) is 6.08 Å². The third kappa shape index (κ3) is 4.46. The number of rotatable bonds is 5. The van der Waals surface area contributed by atoms with E-state index in [0.29, 0.717) is 18.8 Å². The third-order valence-electron chi connectivity index (χ3n) is 1.81. The Bertz CT molecular complexity index is 291. The number of aliphatic hydroxyl groups excluding tert-OH is 1. The summed E-state index contributed by atoms with van der Waals surface area (Å²) in [5.74, 6) is 0.233. The summed E-state index contributed by atoms with van der Waals surface area (Å²) >= 11 is 0. The van der Waals surface area contributed by atoms with Gasteiger partial charge in [-0.05, 0) is 18.6 Å². The second-order valence-corrected chi connectivity index (χ2v) is 2.99. The van der Waals surface area contributed by atoms with Crippen LogP contribution in [0.25, 0.3) is 0 Å². The minimum absolute atomic E-state index is 0.193. The monoisotopic (exact) mass is 210 g/mol. The standard InChI is InChI=1S/C11H14O4/c1-2-11(13)15-8-7-14-10-5-3-9(12)4-6-10/h2-3,5-6,9,12H,1,4,7-8H2. The maximum Gasteiger partial charge on any atom is 0.330 e. The lowest BCUT2D eigenvalue weighted by Crippen LogP contribution is -2.10. The average Bonchev–Trinajstić information content (AvgIpc) is 2.26. The van der Waals surface area contributed by atoms with E-state index in [1.165, 1.54) is 0 Å². The molecule has 4 nitrogen and oxygen atoms in total. The lowest BCUT2D eigenvalue weighted by atomic mass is 10.1. The Morgan fingerprint density at radius 1 is 1.67 bits per heavy atom. The van der Waals surface area contributed by atoms with Gasteiger partial charge in [0, 0.05) is 6.08 Å². The van der Waals surface area contributed by atoms with E-state index in [2.05, 4.69) is 6.58 Å². The zero-order valence-electron chi connectivity index (χ0n) is 8.39. The maximum absolute atomic E-state index is 10.6. The van der Waals surface area contributed by atoms with Gasteiger partial charge in [0.1, 0.15) is 19.0 Å². The van der Waals surface area contributed by atoms with Gasteiger partial charge >= 0.3 is 5.97 Å². The number of ether oxygens (including phenoxy) is 2. The molecule has 4 heteroatoms. The van der Waals surface area contributed by atoms with Crippen molar-refractivity contribution < 1.29 is 19.4 Å². The van der Waals surface area contributed by atoms with E-state index >= 15 is 0 Å². The summed E-state index contributed by atoms with van der Waals surface area (Å²) in [5.41, 5.74) is 0. The summed E-state index contributed by atoms with van der Waals surface area (Å²) in [4.78, 5) is 10.6. The predicted molar refractivity (Wildman–Crippen MR) is 55.0 cm³/mol. The van der Waals surface area contributed by atoms with Crippen LogP contribution in [0.5, 0.6) is 0 Å². The van der Waals surface area contributed by atoms with Gasteiger partial charge in [-0.25, -0.2) is 4.79 Å². The van der Waals surface area contributed by atoms with E-state index in [4.69, 9.17) is 14.6 Å². The van der Waals surface area contributed by atoms with Crippen LogP contribution in [0, 0.1) is 0 Å². The lowest BCUT2D eigenvalue weighted by molar-refractivity contribution is -0.138. The van der Waals surface area contributed by atoms with Crippen molar-refractivity contribution in [3.8, 4) is 0 Å². The molecular weight excluding hydrogens is 196 g/mol. The molecule has 82 valence electrons. The van der Waals surface area contributed by atoms with Crippen LogP contribution in [0.15, 0.2) is 36.6 Å². The van der Waals surface area contributed by atoms with Gasteiger partial charge in [-0.3, -0.25) is 0 Å². The molecule has 1 unspecified atom stereocenters. The fourth-order valence-electron chi connectivity index (χ4n) is 1.06. The molecule has 0 aromatic rings. The van der Waals surface area contributed by atoms with Gasteiger partial charge in [-0.1, -0.05) is 12.7 Å². The van der Waals surface area contributed by atoms with E-state index < -0.39 is 12.1 Å². The fraction of sp³-hybridized carbons (Fsp3) is 0.364. The van der Waals surface area contributed by atoms with Crippen molar-refractivity contribution in [1.82, 2.24) is 0 Å². The third-order valence-corrected chi connectivity index (χ3v) is 1.81. The quantitative estimate of drug-likeness (QED) is 0.417. The van der Waals surface area contributed by atoms with Crippen LogP contribution in [0.2, 0.25) is 0 Å². The number of hydrogen-bond acceptors (Lipinski definition) is 4. The molecule has 0 spiro atoms. The van der Waals surface area contributed by atoms with Crippen molar-refractivity contribution in [1.29, 1.82) is 0 Å². The van der Waals surface area contributed by atoms with Crippen LogP contribution in [0.4, 0.5) is 0 Å². The van der Waals surface area contributed by atoms with E-state index in [1.807, 2.05) is 0 Å². The van der Waals surface area contributed by atoms with Crippen LogP contribution < -0.4 is 0 Å². The number of hydrogen-bond donors (Lipinski definition) is 1. The van der Waals surface area contributed by atoms with E-state index in [1.54, 1.807) is 18.2 Å². The number of allylic oxidation sites excluding steroid dienone is 1. The van der Waals surface area contributed by atoms with Crippen molar-refractivity contribution in [3.63, 3.8) is 0 Å². The molecule has 0 aromatic heterocycles. The highest BCUT2D eigenvalue weighted by molar-refractivity contribution is 5.81. The van der Waals surface area contributed by atoms with Crippen LogP contribution in [0.1, 0.15) is 6.42 Å². The molecule has 1 aliphatic carbocycles. The van der Waals surface area contributed by atoms with Gasteiger partial charge in [0.15, 0.2) is 0 Å². The van der Waals surface area contributed by atoms with E-state index in [-0.39, 0.29) is 6.61 Å². The van der Waals surface area contributed by atoms with Crippen LogP contribution in [0.3, 0.4) is 0 Å². The van der Waals surface area contributed by atoms with Crippen LogP contribution in [-0.2, 0) is 14.3 Å². The number of carbonyl (C=O) groups is 1. The van der Waals surface area contributed by atoms with Gasteiger partial charge in [0.05, 0.1) is 6.10 Å². The number of carbonyl (C=O) groups excluding carboxylic acids is 1. The first kappa shape index (κ1) is 11.5. The lowest BCUT2D eigenvalue weighted by Gasteiger charge is -2.12. The van der Waals surface area contributed by atoms with Gasteiger partial charge in [-0.2, -0.15) is 0 Å². The Kier molecular flexibility index (Phi) is 4.63. The summed E-state index contributed by atoms with van der Waals surface area (Å²) < 4.78 is 10.00. The normalized spacial score (nSPS) is 19.3. The van der Waals surface area contributed by atoms with Gasteiger partial charge in [0.2, 0.25) is 0 Å². The first-order valence-electron chi connectivity index (χ1n) is 4.71. The maximum atomic E-state index is 10.6. The Balaban J connectivity index is 2.13. The summed E-state index contributed by atoms with van der Waals surface area (Å²) in [6.07, 6.45) is 6.39. The van der Waals surface area contributed by atoms with Gasteiger partial charge < -0.3 is 14.6 Å². The molecule has 0 heterocycles. The first-order valence-corrected chi connectivity index (χ1v) is 4.71. The molecular formula is C11H14O4. The highest BCUT2D eigenvalue weighted by Crippen LogP contribution is 2.11. The minimum atomic E-state index is -0.456. The molecule has 0 aliphatic heterocycles. The molecule has 15 heavy (non-hydrogen) atoms. The summed E-state index contributed by atoms with van der Waals surface area (Å²) in [6.45, 7) is 3.76. The molecule has 0 amide bonds. The van der Waals surface area contributed by atoms with Crippen LogP contribution in [-0.4, -0.2) is 30.4 Å². The first-order chi connectivity index (χ1) is 7.22. The van der Waals surface area contributed by atoms with Crippen molar-refractivity contribution in [2.45, 2.75) is 12.5 Å². The van der Waals surface area contributed by atoms with Crippen molar-refractivity contribution >= 4 is 5.97 Å². The average molecular weight is 210 g/mol. The SMILES string of the molecule is C=CC(=O)OCCOC1=CCC(O)C=C1. The Morgan fingerprint density at radius 3 is 3.07 bits per heavy atom. The Morgan fingerprint density at radius 2 is 2.47 bits per heavy atom. The summed E-state index contributed by atoms with van der Waals surface area (Å²) in [7, 11) is 0. The molecule has 0 saturated carbocycles. The topological polar surface area (TPSA) is 55.8 Å². The van der Waals surface area contributed by atoms with Crippen molar-refractivity contribution in [3.05, 3.63) is 36.6 Å². The summed E-state index contributed by atoms with van der Waals surface area (Å²) in [5, 5.41) is 9.14. The summed E-state index contributed by atoms with van der Waals surface area (Å²) in [6, 6.07) is 0. The molecule has 0 aromatic carbocycles. The van der Waals surface area contributed by atoms with Crippen molar-refractivity contribution in [2.75, 3.05) is 13.2 Å². The van der Waals surface area contributed by atoms with E-state index in [9.17, 15) is 4.79 Å². The molecule has 0 radical (unpaired) electrons. The van der Waals surface area contributed by atoms with Gasteiger partial charge in [-0.15, -0.1) is 0 Å². The smallest absolute Gasteiger partial charge is 0.330 e. The highest BCUT2D eigenvalue weighted by Gasteiger charge is 2.05. The molecule has 0 saturated heterocycles. The second kappa shape index (κ2) is 6.03. The molecule has 1 atom stereocenters. The molecule has 1 rings (SSSR count). The van der Waals surface area contributed by atoms with Gasteiger partial charge in [0.25, 0.3) is 0 Å². The second-order valence-electron chi connectivity index (χ2n) is 2.99. The minimum Gasteiger partial charge on any atom is -0.490 e. The zero-order chi connectivity index (χ0) is 11.1. The molecule has 1 aliphatic rings. The molecule has 0 fully saturated rings. The Hall–Kier alpha value is -1.55. The van der Waals surface area contributed by atoms with Crippen LogP contribution >= 0.6 is 0 Å². The predicted octanol–water partition coefficient (Wildman–Crippen LogP) is 0.937.